The summed E-state index contributed by atoms with van der Waals surface area (Å²) < 4.78 is 4.81. The maximum absolute atomic E-state index is 12.0. The third kappa shape index (κ3) is 2.59. The molecule has 2 N–H and O–H groups in total. The van der Waals surface area contributed by atoms with E-state index in [2.05, 4.69) is 25.5 Å². The fourth-order valence-electron chi connectivity index (χ4n) is 1.29. The SMILES string of the molecule is COc1n[nH]c(NC(=O)c2cccnc2SC)n1. The topological polar surface area (TPSA) is 92.8 Å². The van der Waals surface area contributed by atoms with E-state index in [9.17, 15) is 4.79 Å². The van der Waals surface area contributed by atoms with Gasteiger partial charge < -0.3 is 4.74 Å². The van der Waals surface area contributed by atoms with Crippen molar-refractivity contribution < 1.29 is 9.53 Å². The Morgan fingerprint density at radius 2 is 2.39 bits per heavy atom. The molecular weight excluding hydrogens is 254 g/mol. The summed E-state index contributed by atoms with van der Waals surface area (Å²) >= 11 is 1.40. The number of nitrogens with zero attached hydrogens (tertiary/aromatic N) is 3. The minimum atomic E-state index is -0.300. The molecule has 0 saturated carbocycles. The minimum Gasteiger partial charge on any atom is -0.466 e. The van der Waals surface area contributed by atoms with E-state index in [1.807, 2.05) is 6.26 Å². The van der Waals surface area contributed by atoms with Gasteiger partial charge in [-0.2, -0.15) is 4.98 Å². The molecule has 0 atom stereocenters. The summed E-state index contributed by atoms with van der Waals surface area (Å²) in [5.74, 6) is -0.0704. The molecule has 7 nitrogen and oxygen atoms in total. The molecule has 0 bridgehead atoms. The molecule has 2 heterocycles. The van der Waals surface area contributed by atoms with Gasteiger partial charge in [0.25, 0.3) is 5.91 Å². The highest BCUT2D eigenvalue weighted by atomic mass is 32.2. The van der Waals surface area contributed by atoms with Crippen molar-refractivity contribution in [3.63, 3.8) is 0 Å². The van der Waals surface area contributed by atoms with Crippen molar-refractivity contribution in [3.8, 4) is 6.01 Å². The lowest BCUT2D eigenvalue weighted by molar-refractivity contribution is 0.102. The molecule has 0 aliphatic heterocycles. The lowest BCUT2D eigenvalue weighted by Gasteiger charge is -2.04. The number of hydrogen-bond acceptors (Lipinski definition) is 6. The van der Waals surface area contributed by atoms with E-state index in [1.165, 1.54) is 18.9 Å². The first-order chi connectivity index (χ1) is 8.74. The van der Waals surface area contributed by atoms with Crippen LogP contribution in [0.2, 0.25) is 0 Å². The molecule has 0 radical (unpaired) electrons. The molecule has 0 aromatic carbocycles. The van der Waals surface area contributed by atoms with Crippen LogP contribution in [0.25, 0.3) is 0 Å². The maximum atomic E-state index is 12.0. The van der Waals surface area contributed by atoms with Crippen LogP contribution < -0.4 is 10.1 Å². The number of aromatic nitrogens is 4. The maximum Gasteiger partial charge on any atom is 0.336 e. The van der Waals surface area contributed by atoms with Crippen LogP contribution in [0.3, 0.4) is 0 Å². The number of H-pyrrole nitrogens is 1. The average Bonchev–Trinajstić information content (AvgIpc) is 2.86. The molecule has 0 aliphatic rings. The smallest absolute Gasteiger partial charge is 0.336 e. The number of carbonyl (C=O) groups is 1. The van der Waals surface area contributed by atoms with Crippen LogP contribution in [0.4, 0.5) is 5.95 Å². The summed E-state index contributed by atoms with van der Waals surface area (Å²) in [5, 5.41) is 9.52. The molecule has 2 aromatic heterocycles. The molecule has 1 amide bonds. The van der Waals surface area contributed by atoms with Crippen LogP contribution in [0.1, 0.15) is 10.4 Å². The van der Waals surface area contributed by atoms with Crippen molar-refractivity contribution in [2.24, 2.45) is 0 Å². The van der Waals surface area contributed by atoms with E-state index in [0.717, 1.165) is 0 Å². The quantitative estimate of drug-likeness (QED) is 0.806. The van der Waals surface area contributed by atoms with Gasteiger partial charge in [-0.05, 0) is 18.4 Å². The van der Waals surface area contributed by atoms with Crippen LogP contribution >= 0.6 is 11.8 Å². The van der Waals surface area contributed by atoms with Crippen molar-refractivity contribution in [2.45, 2.75) is 5.03 Å². The van der Waals surface area contributed by atoms with Gasteiger partial charge in [-0.25, -0.2) is 10.1 Å². The number of nitrogens with one attached hydrogen (secondary N) is 2. The fraction of sp³-hybridized carbons (Fsp3) is 0.200. The van der Waals surface area contributed by atoms with Crippen molar-refractivity contribution in [2.75, 3.05) is 18.7 Å². The van der Waals surface area contributed by atoms with E-state index in [4.69, 9.17) is 4.74 Å². The Morgan fingerprint density at radius 3 is 3.06 bits per heavy atom. The van der Waals surface area contributed by atoms with Crippen molar-refractivity contribution >= 4 is 23.6 Å². The van der Waals surface area contributed by atoms with Gasteiger partial charge >= 0.3 is 6.01 Å². The Hall–Kier alpha value is -2.09. The van der Waals surface area contributed by atoms with Gasteiger partial charge in [0, 0.05) is 6.20 Å². The first kappa shape index (κ1) is 12.4. The highest BCUT2D eigenvalue weighted by Gasteiger charge is 2.13. The zero-order valence-electron chi connectivity index (χ0n) is 9.80. The second-order valence-electron chi connectivity index (χ2n) is 3.19. The van der Waals surface area contributed by atoms with Crippen molar-refractivity contribution in [1.82, 2.24) is 20.2 Å². The number of methoxy groups -OCH3 is 1. The molecule has 0 unspecified atom stereocenters. The van der Waals surface area contributed by atoms with Crippen LogP contribution in [-0.2, 0) is 0 Å². The van der Waals surface area contributed by atoms with Crippen LogP contribution in [0.15, 0.2) is 23.4 Å². The lowest BCUT2D eigenvalue weighted by Crippen LogP contribution is -2.14. The first-order valence-corrected chi connectivity index (χ1v) is 6.24. The van der Waals surface area contributed by atoms with Crippen LogP contribution in [0, 0.1) is 0 Å². The highest BCUT2D eigenvalue weighted by Crippen LogP contribution is 2.17. The van der Waals surface area contributed by atoms with Gasteiger partial charge in [0.2, 0.25) is 5.95 Å². The summed E-state index contributed by atoms with van der Waals surface area (Å²) in [6.45, 7) is 0. The second kappa shape index (κ2) is 5.50. The van der Waals surface area contributed by atoms with Crippen molar-refractivity contribution in [1.29, 1.82) is 0 Å². The van der Waals surface area contributed by atoms with E-state index in [0.29, 0.717) is 10.6 Å². The Kier molecular flexibility index (Phi) is 3.78. The number of thioether (sulfide) groups is 1. The molecule has 2 rings (SSSR count). The molecule has 0 aliphatic carbocycles. The van der Waals surface area contributed by atoms with Crippen LogP contribution in [-0.4, -0.2) is 39.4 Å². The monoisotopic (exact) mass is 265 g/mol. The number of ether oxygens (including phenoxy) is 1. The number of hydrogen-bond donors (Lipinski definition) is 2. The molecule has 0 fully saturated rings. The van der Waals surface area contributed by atoms with E-state index in [-0.39, 0.29) is 17.9 Å². The molecule has 18 heavy (non-hydrogen) atoms. The number of rotatable bonds is 4. The van der Waals surface area contributed by atoms with Crippen LogP contribution in [0.5, 0.6) is 6.01 Å². The molecular formula is C10H11N5O2S. The van der Waals surface area contributed by atoms with Gasteiger partial charge in [0.15, 0.2) is 0 Å². The number of carbonyl (C=O) groups excluding carboxylic acids is 1. The Morgan fingerprint density at radius 1 is 1.56 bits per heavy atom. The zero-order valence-corrected chi connectivity index (χ0v) is 10.6. The molecule has 8 heteroatoms. The molecule has 2 aromatic rings. The normalized spacial score (nSPS) is 10.1. The summed E-state index contributed by atoms with van der Waals surface area (Å²) in [4.78, 5) is 20.0. The second-order valence-corrected chi connectivity index (χ2v) is 3.98. The largest absolute Gasteiger partial charge is 0.466 e. The molecule has 0 spiro atoms. The standard InChI is InChI=1S/C10H11N5O2S/c1-17-10-13-9(14-15-10)12-7(16)6-4-3-5-11-8(6)18-2/h3-5H,1-2H3,(H2,12,13,14,15,16). The fourth-order valence-corrected chi connectivity index (χ4v) is 1.84. The predicted octanol–water partition coefficient (Wildman–Crippen LogP) is 1.18. The Bertz CT molecular complexity index is 557. The number of pyridine rings is 1. The Labute approximate surface area is 107 Å². The number of aromatic amines is 1. The van der Waals surface area contributed by atoms with Gasteiger partial charge in [-0.3, -0.25) is 10.1 Å². The van der Waals surface area contributed by atoms with E-state index >= 15 is 0 Å². The average molecular weight is 265 g/mol. The highest BCUT2D eigenvalue weighted by molar-refractivity contribution is 7.98. The lowest BCUT2D eigenvalue weighted by atomic mass is 10.3. The third-order valence-corrected chi connectivity index (χ3v) is 2.80. The minimum absolute atomic E-state index is 0.168. The van der Waals surface area contributed by atoms with Gasteiger partial charge in [0.1, 0.15) is 5.03 Å². The van der Waals surface area contributed by atoms with E-state index < -0.39 is 0 Å². The number of anilines is 1. The van der Waals surface area contributed by atoms with Gasteiger partial charge in [-0.1, -0.05) is 0 Å². The summed E-state index contributed by atoms with van der Waals surface area (Å²) in [6.07, 6.45) is 3.50. The Balaban J connectivity index is 2.16. The van der Waals surface area contributed by atoms with Gasteiger partial charge in [-0.15, -0.1) is 16.9 Å². The molecule has 0 saturated heterocycles. The number of amides is 1. The third-order valence-electron chi connectivity index (χ3n) is 2.09. The molecule has 94 valence electrons. The van der Waals surface area contributed by atoms with Crippen molar-refractivity contribution in [3.05, 3.63) is 23.9 Å². The summed E-state index contributed by atoms with van der Waals surface area (Å²) in [5.41, 5.74) is 0.486. The summed E-state index contributed by atoms with van der Waals surface area (Å²) in [7, 11) is 1.45. The van der Waals surface area contributed by atoms with E-state index in [1.54, 1.807) is 18.3 Å². The zero-order chi connectivity index (χ0) is 13.0. The summed E-state index contributed by atoms with van der Waals surface area (Å²) in [6, 6.07) is 3.57. The first-order valence-electron chi connectivity index (χ1n) is 5.01. The predicted molar refractivity (Wildman–Crippen MR) is 66.9 cm³/mol. The van der Waals surface area contributed by atoms with Gasteiger partial charge in [0.05, 0.1) is 12.7 Å².